The van der Waals surface area contributed by atoms with Crippen LogP contribution >= 0.6 is 11.3 Å². The molecule has 3 aromatic heterocycles. The molecule has 0 N–H and O–H groups in total. The van der Waals surface area contributed by atoms with E-state index in [4.69, 9.17) is 4.98 Å². The summed E-state index contributed by atoms with van der Waals surface area (Å²) in [6.45, 7) is 0. The van der Waals surface area contributed by atoms with Crippen molar-refractivity contribution in [3.8, 4) is 16.9 Å². The third-order valence-corrected chi connectivity index (χ3v) is 11.9. The fourth-order valence-corrected chi connectivity index (χ4v) is 9.51. The van der Waals surface area contributed by atoms with Crippen LogP contribution in [-0.4, -0.2) is 9.55 Å². The van der Waals surface area contributed by atoms with Crippen LogP contribution in [0.1, 0.15) is 17.9 Å². The van der Waals surface area contributed by atoms with E-state index in [-0.39, 0.29) is 0 Å². The molecular formula is C47H30N2S. The van der Waals surface area contributed by atoms with Crippen molar-refractivity contribution in [1.82, 2.24) is 9.55 Å². The minimum atomic E-state index is 0.301. The summed E-state index contributed by atoms with van der Waals surface area (Å²) in [4.78, 5) is 5.02. The van der Waals surface area contributed by atoms with Gasteiger partial charge in [-0.3, -0.25) is 4.57 Å². The molecule has 7 aromatic carbocycles. The van der Waals surface area contributed by atoms with E-state index in [0.29, 0.717) is 5.92 Å². The van der Waals surface area contributed by atoms with Crippen LogP contribution in [-0.2, 0) is 0 Å². The van der Waals surface area contributed by atoms with Gasteiger partial charge in [0.25, 0.3) is 0 Å². The van der Waals surface area contributed by atoms with Crippen LogP contribution in [0.4, 0.5) is 0 Å². The molecule has 3 heteroatoms. The number of thiophene rings is 1. The topological polar surface area (TPSA) is 17.8 Å². The number of hydrogen-bond acceptors (Lipinski definition) is 2. The second kappa shape index (κ2) is 10.7. The van der Waals surface area contributed by atoms with Gasteiger partial charge in [0.15, 0.2) is 0 Å². The number of benzene rings is 7. The summed E-state index contributed by atoms with van der Waals surface area (Å²) in [5.74, 6) is 1.26. The van der Waals surface area contributed by atoms with Gasteiger partial charge in [-0.1, -0.05) is 133 Å². The summed E-state index contributed by atoms with van der Waals surface area (Å²) >= 11 is 1.85. The molecule has 1 aliphatic carbocycles. The maximum absolute atomic E-state index is 5.02. The number of aromatic nitrogens is 2. The van der Waals surface area contributed by atoms with Gasteiger partial charge in [-0.15, -0.1) is 11.3 Å². The largest absolute Gasteiger partial charge is 0.294 e. The molecule has 0 aliphatic heterocycles. The first-order valence-electron chi connectivity index (χ1n) is 17.3. The highest BCUT2D eigenvalue weighted by atomic mass is 32.1. The maximum Gasteiger partial charge on any atom is 0.138 e. The van der Waals surface area contributed by atoms with E-state index in [2.05, 4.69) is 169 Å². The number of para-hydroxylation sites is 2. The molecule has 50 heavy (non-hydrogen) atoms. The van der Waals surface area contributed by atoms with E-state index in [9.17, 15) is 0 Å². The van der Waals surface area contributed by atoms with Crippen LogP contribution in [0.5, 0.6) is 0 Å². The molecule has 11 rings (SSSR count). The Morgan fingerprint density at radius 2 is 1.12 bits per heavy atom. The Morgan fingerprint density at radius 1 is 0.520 bits per heavy atom. The van der Waals surface area contributed by atoms with E-state index >= 15 is 0 Å². The van der Waals surface area contributed by atoms with Crippen molar-refractivity contribution < 1.29 is 0 Å². The van der Waals surface area contributed by atoms with Gasteiger partial charge >= 0.3 is 0 Å². The molecule has 10 aromatic rings. The summed E-state index contributed by atoms with van der Waals surface area (Å²) in [6, 6.07) is 53.4. The smallest absolute Gasteiger partial charge is 0.138 e. The molecule has 0 saturated heterocycles. The lowest BCUT2D eigenvalue weighted by molar-refractivity contribution is 0.926. The molecule has 3 heterocycles. The molecule has 2 nitrogen and oxygen atoms in total. The standard InChI is InChI=1S/C47H30N2S/c1-2-14-35-33(12-1)34-13-3-4-15-36(34)40-25-31(20-22-37(35)40)29-10-9-11-30(24-29)32-21-23-45-41(26-32)42-27-47(48-28-46(42)50-45)49-43-18-7-5-16-38(43)39-17-6-8-19-44(39)49/h1-20,22-28,32H,21H2. The van der Waals surface area contributed by atoms with Crippen LogP contribution in [0, 0.1) is 0 Å². The van der Waals surface area contributed by atoms with Crippen LogP contribution in [0.3, 0.4) is 0 Å². The van der Waals surface area contributed by atoms with E-state index in [1.807, 2.05) is 11.3 Å². The Hall–Kier alpha value is -6.03. The van der Waals surface area contributed by atoms with Crippen LogP contribution in [0.25, 0.3) is 93.3 Å². The normalized spacial score (nSPS) is 14.4. The van der Waals surface area contributed by atoms with Crippen LogP contribution in [0.2, 0.25) is 0 Å². The highest BCUT2D eigenvalue weighted by Gasteiger charge is 2.18. The fourth-order valence-electron chi connectivity index (χ4n) is 8.42. The van der Waals surface area contributed by atoms with E-state index in [0.717, 1.165) is 12.2 Å². The van der Waals surface area contributed by atoms with Gasteiger partial charge in [-0.2, -0.15) is 0 Å². The summed E-state index contributed by atoms with van der Waals surface area (Å²) < 4.78 is 4.90. The van der Waals surface area contributed by atoms with Crippen molar-refractivity contribution in [2.45, 2.75) is 12.3 Å². The van der Waals surface area contributed by atoms with Crippen molar-refractivity contribution in [1.29, 1.82) is 0 Å². The Morgan fingerprint density at radius 3 is 1.82 bits per heavy atom. The quantitative estimate of drug-likeness (QED) is 0.173. The summed E-state index contributed by atoms with van der Waals surface area (Å²) in [7, 11) is 0. The van der Waals surface area contributed by atoms with Gasteiger partial charge in [-0.25, -0.2) is 4.98 Å². The highest BCUT2D eigenvalue weighted by molar-refractivity contribution is 7.17. The average Bonchev–Trinajstić information content (AvgIpc) is 3.73. The van der Waals surface area contributed by atoms with Gasteiger partial charge in [-0.05, 0) is 84.9 Å². The number of nitrogens with zero attached hydrogens (tertiary/aromatic N) is 2. The molecule has 0 radical (unpaired) electrons. The number of pyridine rings is 1. The molecule has 234 valence electrons. The predicted octanol–water partition coefficient (Wildman–Crippen LogP) is 11.3. The number of fused-ring (bicyclic) bond motifs is 12. The van der Waals surface area contributed by atoms with Gasteiger partial charge in [0, 0.05) is 32.8 Å². The molecule has 1 aliphatic rings. The van der Waals surface area contributed by atoms with Gasteiger partial charge < -0.3 is 0 Å². The molecule has 1 atom stereocenters. The fraction of sp³-hybridized carbons (Fsp3) is 0.0426. The maximum atomic E-state index is 5.02. The lowest BCUT2D eigenvalue weighted by Crippen LogP contribution is -2.23. The Balaban J connectivity index is 1.03. The van der Waals surface area contributed by atoms with Gasteiger partial charge in [0.05, 0.1) is 15.7 Å². The molecule has 0 bridgehead atoms. The van der Waals surface area contributed by atoms with Gasteiger partial charge in [0.1, 0.15) is 5.82 Å². The van der Waals surface area contributed by atoms with Crippen molar-refractivity contribution in [3.63, 3.8) is 0 Å². The highest BCUT2D eigenvalue weighted by Crippen LogP contribution is 2.38. The molecule has 0 fully saturated rings. The van der Waals surface area contributed by atoms with Crippen LogP contribution in [0.15, 0.2) is 152 Å². The van der Waals surface area contributed by atoms with E-state index in [1.165, 1.54) is 90.7 Å². The summed E-state index contributed by atoms with van der Waals surface area (Å²) in [5.41, 5.74) is 6.23. The first-order valence-corrected chi connectivity index (χ1v) is 18.1. The van der Waals surface area contributed by atoms with E-state index in [1.54, 1.807) is 0 Å². The first-order chi connectivity index (χ1) is 24.8. The van der Waals surface area contributed by atoms with Crippen molar-refractivity contribution in [3.05, 3.63) is 167 Å². The third-order valence-electron chi connectivity index (χ3n) is 10.8. The molecule has 0 spiro atoms. The predicted molar refractivity (Wildman–Crippen MR) is 214 cm³/mol. The summed E-state index contributed by atoms with van der Waals surface area (Å²) in [5, 5.41) is 13.0. The zero-order valence-corrected chi connectivity index (χ0v) is 28.0. The van der Waals surface area contributed by atoms with Crippen LogP contribution < -0.4 is 9.75 Å². The lowest BCUT2D eigenvalue weighted by atomic mass is 9.88. The van der Waals surface area contributed by atoms with Crippen molar-refractivity contribution >= 4 is 87.7 Å². The van der Waals surface area contributed by atoms with Crippen molar-refractivity contribution in [2.75, 3.05) is 0 Å². The monoisotopic (exact) mass is 654 g/mol. The summed E-state index contributed by atoms with van der Waals surface area (Å²) in [6.07, 6.45) is 8.00. The zero-order valence-electron chi connectivity index (χ0n) is 27.2. The first kappa shape index (κ1) is 27.9. The number of rotatable bonds is 3. The average molecular weight is 655 g/mol. The third kappa shape index (κ3) is 4.11. The van der Waals surface area contributed by atoms with E-state index < -0.39 is 0 Å². The Bertz CT molecular complexity index is 3060. The molecule has 0 saturated carbocycles. The molecule has 0 amide bonds. The second-order valence-electron chi connectivity index (χ2n) is 13.5. The van der Waals surface area contributed by atoms with Crippen molar-refractivity contribution in [2.24, 2.45) is 0 Å². The molecule has 1 unspecified atom stereocenters. The molecular weight excluding hydrogens is 625 g/mol. The SMILES string of the molecule is C1=c2sc3cnc(-n4c5ccccc5c5ccccc54)cc3c2=CC(c2cccc(-c3ccc4c5ccccc5c5ccccc5c4c3)c2)C1. The Kier molecular flexibility index (Phi) is 5.98. The van der Waals surface area contributed by atoms with Gasteiger partial charge in [0.2, 0.25) is 0 Å². The minimum Gasteiger partial charge on any atom is -0.294 e. The zero-order chi connectivity index (χ0) is 32.8. The Labute approximate surface area is 292 Å². The minimum absolute atomic E-state index is 0.301. The second-order valence-corrected chi connectivity index (χ2v) is 14.6. The lowest BCUT2D eigenvalue weighted by Gasteiger charge is -2.16. The number of hydrogen-bond donors (Lipinski definition) is 0.